The number of nitrogens with zero attached hydrogens (tertiary/aromatic N) is 1. The highest BCUT2D eigenvalue weighted by molar-refractivity contribution is 5.32. The Morgan fingerprint density at radius 2 is 1.64 bits per heavy atom. The quantitative estimate of drug-likeness (QED) is 0.423. The zero-order valence-corrected chi connectivity index (χ0v) is 13.4. The van der Waals surface area contributed by atoms with Crippen molar-refractivity contribution in [2.24, 2.45) is 0 Å². The van der Waals surface area contributed by atoms with Crippen LogP contribution in [-0.4, -0.2) is 17.6 Å². The molecule has 0 bridgehead atoms. The first-order chi connectivity index (χ1) is 10.7. The van der Waals surface area contributed by atoms with Crippen molar-refractivity contribution in [1.29, 1.82) is 0 Å². The molecule has 1 rings (SSSR count). The van der Waals surface area contributed by atoms with Crippen molar-refractivity contribution in [2.45, 2.75) is 52.1 Å². The Morgan fingerprint density at radius 3 is 2.18 bits per heavy atom. The van der Waals surface area contributed by atoms with E-state index >= 15 is 0 Å². The van der Waals surface area contributed by atoms with E-state index in [1.165, 1.54) is 12.5 Å². The highest BCUT2D eigenvalue weighted by Crippen LogP contribution is 2.27. The van der Waals surface area contributed by atoms with Gasteiger partial charge in [-0.05, 0) is 25.0 Å². The summed E-state index contributed by atoms with van der Waals surface area (Å²) in [6.07, 6.45) is 6.83. The van der Waals surface area contributed by atoms with Gasteiger partial charge < -0.3 is 18.9 Å². The molecule has 0 N–H and O–H groups in total. The largest absolute Gasteiger partial charge is 0.463 e. The Hall–Kier alpha value is -2.17. The molecule has 0 aromatic carbocycles. The third-order valence-corrected chi connectivity index (χ3v) is 2.78. The molecule has 0 saturated carbocycles. The number of hydrogen-bond acceptors (Lipinski definition) is 5. The van der Waals surface area contributed by atoms with E-state index in [2.05, 4.69) is 25.1 Å². The van der Waals surface area contributed by atoms with Crippen LogP contribution in [0.2, 0.25) is 0 Å². The van der Waals surface area contributed by atoms with Crippen LogP contribution in [0, 0.1) is 0 Å². The lowest BCUT2D eigenvalue weighted by Gasteiger charge is -2.21. The number of hydrogen-bond donors (Lipinski definition) is 0. The van der Waals surface area contributed by atoms with Gasteiger partial charge in [-0.3, -0.25) is 0 Å². The first-order valence-electron chi connectivity index (χ1n) is 7.56. The number of ether oxygens (including phenoxy) is 4. The van der Waals surface area contributed by atoms with E-state index in [1.54, 1.807) is 18.3 Å². The molecule has 22 heavy (non-hydrogen) atoms. The third kappa shape index (κ3) is 6.08. The van der Waals surface area contributed by atoms with Gasteiger partial charge in [-0.2, -0.15) is 0 Å². The lowest BCUT2D eigenvalue weighted by Crippen LogP contribution is -2.21. The van der Waals surface area contributed by atoms with Crippen LogP contribution in [0.5, 0.6) is 11.6 Å². The summed E-state index contributed by atoms with van der Waals surface area (Å²) in [5, 5.41) is 0. The standard InChI is InChI=1S/C17H25NO4/c1-5-10-15(19-7-3)21-14-12-9-13-18-17(14)22-16(11-6-2)20-8-4/h7-9,12-13,15-16H,3-6,10-11H2,1-2H3. The minimum atomic E-state index is -0.440. The van der Waals surface area contributed by atoms with Gasteiger partial charge >= 0.3 is 0 Å². The maximum atomic E-state index is 5.82. The van der Waals surface area contributed by atoms with Gasteiger partial charge in [0.25, 0.3) is 5.88 Å². The van der Waals surface area contributed by atoms with E-state index < -0.39 is 12.6 Å². The monoisotopic (exact) mass is 307 g/mol. The zero-order chi connectivity index (χ0) is 16.2. The third-order valence-electron chi connectivity index (χ3n) is 2.78. The topological polar surface area (TPSA) is 49.8 Å². The first kappa shape index (κ1) is 17.9. The fourth-order valence-corrected chi connectivity index (χ4v) is 1.82. The van der Waals surface area contributed by atoms with Gasteiger partial charge in [-0.1, -0.05) is 27.0 Å². The molecule has 0 aliphatic carbocycles. The van der Waals surface area contributed by atoms with Crippen LogP contribution >= 0.6 is 0 Å². The Morgan fingerprint density at radius 1 is 1.05 bits per heavy atom. The lowest BCUT2D eigenvalue weighted by molar-refractivity contribution is -0.0550. The summed E-state index contributed by atoms with van der Waals surface area (Å²) >= 11 is 0. The van der Waals surface area contributed by atoms with Gasteiger partial charge in [0.05, 0.1) is 12.5 Å². The molecule has 1 heterocycles. The van der Waals surface area contributed by atoms with Crippen LogP contribution in [0.25, 0.3) is 0 Å². The summed E-state index contributed by atoms with van der Waals surface area (Å²) < 4.78 is 22.3. The van der Waals surface area contributed by atoms with Crippen molar-refractivity contribution in [3.63, 3.8) is 0 Å². The summed E-state index contributed by atoms with van der Waals surface area (Å²) in [6.45, 7) is 11.2. The first-order valence-corrected chi connectivity index (χ1v) is 7.56. The minimum Gasteiger partial charge on any atom is -0.463 e. The molecule has 0 fully saturated rings. The van der Waals surface area contributed by atoms with Crippen molar-refractivity contribution in [3.05, 3.63) is 44.0 Å². The van der Waals surface area contributed by atoms with Gasteiger partial charge in [0.1, 0.15) is 0 Å². The van der Waals surface area contributed by atoms with Crippen LogP contribution in [0.3, 0.4) is 0 Å². The van der Waals surface area contributed by atoms with E-state index in [0.29, 0.717) is 11.6 Å². The number of pyridine rings is 1. The Bertz CT molecular complexity index is 409. The average Bonchev–Trinajstić information content (AvgIpc) is 2.50. The SMILES string of the molecule is C=COC(CCC)Oc1cccnc1OC(CCC)OC=C. The van der Waals surface area contributed by atoms with Crippen molar-refractivity contribution < 1.29 is 18.9 Å². The van der Waals surface area contributed by atoms with Crippen LogP contribution < -0.4 is 9.47 Å². The molecule has 1 aromatic heterocycles. The molecular formula is C17H25NO4. The average molecular weight is 307 g/mol. The highest BCUT2D eigenvalue weighted by Gasteiger charge is 2.17. The molecule has 0 spiro atoms. The molecule has 0 aliphatic rings. The van der Waals surface area contributed by atoms with Crippen molar-refractivity contribution >= 4 is 0 Å². The molecule has 2 unspecified atom stereocenters. The summed E-state index contributed by atoms with van der Waals surface area (Å²) in [7, 11) is 0. The molecule has 1 aromatic rings. The molecule has 0 amide bonds. The van der Waals surface area contributed by atoms with E-state index in [-0.39, 0.29) is 0 Å². The van der Waals surface area contributed by atoms with E-state index in [0.717, 1.165) is 25.7 Å². The molecular weight excluding hydrogens is 282 g/mol. The van der Waals surface area contributed by atoms with Crippen molar-refractivity contribution in [2.75, 3.05) is 0 Å². The van der Waals surface area contributed by atoms with Crippen LogP contribution in [0.15, 0.2) is 44.0 Å². The zero-order valence-electron chi connectivity index (χ0n) is 13.4. The predicted molar refractivity (Wildman–Crippen MR) is 85.4 cm³/mol. The van der Waals surface area contributed by atoms with Gasteiger partial charge in [0.2, 0.25) is 12.6 Å². The van der Waals surface area contributed by atoms with Gasteiger partial charge in [0, 0.05) is 19.0 Å². The summed E-state index contributed by atoms with van der Waals surface area (Å²) in [5.41, 5.74) is 0. The second-order valence-corrected chi connectivity index (χ2v) is 4.58. The molecule has 122 valence electrons. The lowest BCUT2D eigenvalue weighted by atomic mass is 10.3. The number of rotatable bonds is 12. The van der Waals surface area contributed by atoms with Crippen molar-refractivity contribution in [3.8, 4) is 11.6 Å². The molecule has 5 nitrogen and oxygen atoms in total. The normalized spacial score (nSPS) is 12.8. The molecule has 2 atom stereocenters. The predicted octanol–water partition coefficient (Wildman–Crippen LogP) is 4.41. The Kier molecular flexibility index (Phi) is 8.57. The summed E-state index contributed by atoms with van der Waals surface area (Å²) in [6, 6.07) is 3.57. The van der Waals surface area contributed by atoms with E-state index in [9.17, 15) is 0 Å². The van der Waals surface area contributed by atoms with E-state index in [4.69, 9.17) is 18.9 Å². The molecule has 0 aliphatic heterocycles. The maximum absolute atomic E-state index is 5.82. The Labute approximate surface area is 132 Å². The fourth-order valence-electron chi connectivity index (χ4n) is 1.82. The van der Waals surface area contributed by atoms with Crippen molar-refractivity contribution in [1.82, 2.24) is 4.98 Å². The van der Waals surface area contributed by atoms with E-state index in [1.807, 2.05) is 6.92 Å². The van der Waals surface area contributed by atoms with Crippen LogP contribution in [0.1, 0.15) is 39.5 Å². The second-order valence-electron chi connectivity index (χ2n) is 4.58. The smallest absolute Gasteiger partial charge is 0.260 e. The summed E-state index contributed by atoms with van der Waals surface area (Å²) in [5.74, 6) is 0.883. The molecule has 5 heteroatoms. The molecule has 0 saturated heterocycles. The van der Waals surface area contributed by atoms with Gasteiger partial charge in [-0.15, -0.1) is 0 Å². The fraction of sp³-hybridized carbons (Fsp3) is 0.471. The Balaban J connectivity index is 2.82. The highest BCUT2D eigenvalue weighted by atomic mass is 16.7. The molecule has 0 radical (unpaired) electrons. The summed E-state index contributed by atoms with van der Waals surface area (Å²) in [4.78, 5) is 4.21. The van der Waals surface area contributed by atoms with Gasteiger partial charge in [0.15, 0.2) is 5.75 Å². The van der Waals surface area contributed by atoms with Gasteiger partial charge in [-0.25, -0.2) is 4.98 Å². The minimum absolute atomic E-state index is 0.372. The number of aromatic nitrogens is 1. The second kappa shape index (κ2) is 10.5. The van der Waals surface area contributed by atoms with Crippen LogP contribution in [-0.2, 0) is 9.47 Å². The van der Waals surface area contributed by atoms with Crippen LogP contribution in [0.4, 0.5) is 0 Å². The maximum Gasteiger partial charge on any atom is 0.260 e.